The molecular weight excluding hydrogens is 222 g/mol. The van der Waals surface area contributed by atoms with Gasteiger partial charge in [-0.25, -0.2) is 0 Å². The number of rotatable bonds is 1. The molecule has 0 radical (unpaired) electrons. The summed E-state index contributed by atoms with van der Waals surface area (Å²) in [5, 5.41) is 4.66. The largest absolute Gasteiger partial charge is 0.322 e. The van der Waals surface area contributed by atoms with Crippen LogP contribution in [0.1, 0.15) is 40.2 Å². The van der Waals surface area contributed by atoms with Crippen LogP contribution in [-0.2, 0) is 6.42 Å². The lowest BCUT2D eigenvalue weighted by molar-refractivity contribution is 0.401. The van der Waals surface area contributed by atoms with Crippen LogP contribution >= 0.6 is 0 Å². The maximum absolute atomic E-state index is 6.39. The van der Waals surface area contributed by atoms with E-state index < -0.39 is 0 Å². The fourth-order valence-electron chi connectivity index (χ4n) is 2.91. The van der Waals surface area contributed by atoms with Gasteiger partial charge in [0.2, 0.25) is 0 Å². The minimum atomic E-state index is 0.0543. The van der Waals surface area contributed by atoms with Crippen molar-refractivity contribution in [2.45, 2.75) is 39.3 Å². The Bertz CT molecular complexity index is 598. The number of nitrogens with zero attached hydrogens (tertiary/aromatic N) is 2. The Labute approximate surface area is 108 Å². The molecule has 1 aliphatic rings. The summed E-state index contributed by atoms with van der Waals surface area (Å²) in [6.07, 6.45) is 0.985. The smallest absolute Gasteiger partial charge is 0.0755 e. The summed E-state index contributed by atoms with van der Waals surface area (Å²) in [5.41, 5.74) is 12.6. The zero-order chi connectivity index (χ0) is 12.9. The van der Waals surface area contributed by atoms with Crippen LogP contribution in [0.5, 0.6) is 0 Å². The van der Waals surface area contributed by atoms with Gasteiger partial charge in [-0.3, -0.25) is 4.68 Å². The topological polar surface area (TPSA) is 43.8 Å². The second-order valence-corrected chi connectivity index (χ2v) is 5.24. The van der Waals surface area contributed by atoms with Gasteiger partial charge < -0.3 is 5.73 Å². The lowest BCUT2D eigenvalue weighted by Crippen LogP contribution is -2.22. The van der Waals surface area contributed by atoms with Crippen molar-refractivity contribution >= 4 is 0 Å². The summed E-state index contributed by atoms with van der Waals surface area (Å²) in [7, 11) is 0. The second-order valence-electron chi connectivity index (χ2n) is 5.24. The summed E-state index contributed by atoms with van der Waals surface area (Å²) in [4.78, 5) is 0. The highest BCUT2D eigenvalue weighted by Crippen LogP contribution is 2.38. The molecular formula is C15H19N3. The Morgan fingerprint density at radius 1 is 1.22 bits per heavy atom. The van der Waals surface area contributed by atoms with Gasteiger partial charge in [-0.2, -0.15) is 5.10 Å². The Morgan fingerprint density at radius 3 is 2.56 bits per heavy atom. The summed E-state index contributed by atoms with van der Waals surface area (Å²) in [6, 6.07) is 8.77. The first-order valence-electron chi connectivity index (χ1n) is 6.45. The predicted octanol–water partition coefficient (Wildman–Crippen LogP) is 2.61. The summed E-state index contributed by atoms with van der Waals surface area (Å²) < 4.78 is 2.12. The van der Waals surface area contributed by atoms with E-state index in [0.29, 0.717) is 0 Å². The highest BCUT2D eigenvalue weighted by molar-refractivity contribution is 5.37. The van der Waals surface area contributed by atoms with E-state index in [2.05, 4.69) is 54.8 Å². The van der Waals surface area contributed by atoms with E-state index in [4.69, 9.17) is 5.73 Å². The molecule has 0 bridgehead atoms. The third kappa shape index (κ3) is 1.51. The minimum absolute atomic E-state index is 0.0543. The molecule has 0 saturated carbocycles. The van der Waals surface area contributed by atoms with Crippen LogP contribution in [0.4, 0.5) is 0 Å². The van der Waals surface area contributed by atoms with Crippen LogP contribution in [-0.4, -0.2) is 9.78 Å². The van der Waals surface area contributed by atoms with Crippen LogP contribution < -0.4 is 5.73 Å². The second kappa shape index (κ2) is 3.95. The van der Waals surface area contributed by atoms with Crippen molar-refractivity contribution in [3.63, 3.8) is 0 Å². The van der Waals surface area contributed by atoms with Gasteiger partial charge in [0.1, 0.15) is 0 Å². The monoisotopic (exact) mass is 241 g/mol. The standard InChI is InChI=1S/C15H19N3/c1-9-10(2)17-18(11(9)3)14-8-12-6-4-5-7-13(12)15(14)16/h4-7,14-15H,8,16H2,1-3H3. The van der Waals surface area contributed by atoms with E-state index in [1.807, 2.05) is 0 Å². The van der Waals surface area contributed by atoms with Gasteiger partial charge in [0.25, 0.3) is 0 Å². The van der Waals surface area contributed by atoms with Gasteiger partial charge in [-0.1, -0.05) is 24.3 Å². The van der Waals surface area contributed by atoms with Crippen LogP contribution in [0.3, 0.4) is 0 Å². The molecule has 3 heteroatoms. The van der Waals surface area contributed by atoms with Crippen molar-refractivity contribution in [2.75, 3.05) is 0 Å². The van der Waals surface area contributed by atoms with Crippen molar-refractivity contribution in [1.29, 1.82) is 0 Å². The van der Waals surface area contributed by atoms with E-state index in [1.165, 1.54) is 22.4 Å². The predicted molar refractivity (Wildman–Crippen MR) is 72.5 cm³/mol. The van der Waals surface area contributed by atoms with Crippen LogP contribution in [0.25, 0.3) is 0 Å². The van der Waals surface area contributed by atoms with E-state index >= 15 is 0 Å². The van der Waals surface area contributed by atoms with Gasteiger partial charge >= 0.3 is 0 Å². The highest BCUT2D eigenvalue weighted by atomic mass is 15.3. The third-order valence-corrected chi connectivity index (χ3v) is 4.26. The molecule has 94 valence electrons. The third-order valence-electron chi connectivity index (χ3n) is 4.26. The van der Waals surface area contributed by atoms with Crippen molar-refractivity contribution in [2.24, 2.45) is 5.73 Å². The SMILES string of the molecule is Cc1nn(C2Cc3ccccc3C2N)c(C)c1C. The molecule has 3 nitrogen and oxygen atoms in total. The lowest BCUT2D eigenvalue weighted by Gasteiger charge is -2.18. The Kier molecular flexibility index (Phi) is 2.52. The van der Waals surface area contributed by atoms with Crippen molar-refractivity contribution < 1.29 is 0 Å². The molecule has 1 aliphatic carbocycles. The molecule has 3 rings (SSSR count). The maximum atomic E-state index is 6.39. The Hall–Kier alpha value is -1.61. The van der Waals surface area contributed by atoms with Crippen molar-refractivity contribution in [1.82, 2.24) is 9.78 Å². The molecule has 1 aromatic carbocycles. The van der Waals surface area contributed by atoms with Gasteiger partial charge in [0.05, 0.1) is 17.8 Å². The molecule has 1 heterocycles. The fourth-order valence-corrected chi connectivity index (χ4v) is 2.91. The quantitative estimate of drug-likeness (QED) is 0.834. The number of fused-ring (bicyclic) bond motifs is 1. The molecule has 2 aromatic rings. The first kappa shape index (κ1) is 11.5. The van der Waals surface area contributed by atoms with E-state index in [1.54, 1.807) is 0 Å². The van der Waals surface area contributed by atoms with Gasteiger partial charge in [-0.15, -0.1) is 0 Å². The summed E-state index contributed by atoms with van der Waals surface area (Å²) >= 11 is 0. The molecule has 0 aliphatic heterocycles. The van der Waals surface area contributed by atoms with Crippen LogP contribution in [0.15, 0.2) is 24.3 Å². The van der Waals surface area contributed by atoms with Crippen molar-refractivity contribution in [3.05, 3.63) is 52.3 Å². The highest BCUT2D eigenvalue weighted by Gasteiger charge is 2.32. The first-order valence-corrected chi connectivity index (χ1v) is 6.45. The number of benzene rings is 1. The molecule has 0 saturated heterocycles. The average Bonchev–Trinajstić information content (AvgIpc) is 2.83. The average molecular weight is 241 g/mol. The molecule has 18 heavy (non-hydrogen) atoms. The number of aromatic nitrogens is 2. The van der Waals surface area contributed by atoms with Gasteiger partial charge in [0, 0.05) is 5.69 Å². The van der Waals surface area contributed by atoms with E-state index in [9.17, 15) is 0 Å². The normalized spacial score (nSPS) is 22.2. The number of aryl methyl sites for hydroxylation is 1. The molecule has 2 N–H and O–H groups in total. The molecule has 2 unspecified atom stereocenters. The number of nitrogens with two attached hydrogens (primary N) is 1. The molecule has 0 fully saturated rings. The zero-order valence-corrected chi connectivity index (χ0v) is 11.1. The molecule has 1 aromatic heterocycles. The number of hydrogen-bond donors (Lipinski definition) is 1. The molecule has 0 spiro atoms. The number of hydrogen-bond acceptors (Lipinski definition) is 2. The fraction of sp³-hybridized carbons (Fsp3) is 0.400. The van der Waals surface area contributed by atoms with Gasteiger partial charge in [0.15, 0.2) is 0 Å². The first-order chi connectivity index (χ1) is 8.59. The Balaban J connectivity index is 2.04. The molecule has 0 amide bonds. The van der Waals surface area contributed by atoms with E-state index in [0.717, 1.165) is 12.1 Å². The maximum Gasteiger partial charge on any atom is 0.0755 e. The van der Waals surface area contributed by atoms with Crippen LogP contribution in [0, 0.1) is 20.8 Å². The lowest BCUT2D eigenvalue weighted by atomic mass is 10.1. The van der Waals surface area contributed by atoms with E-state index in [-0.39, 0.29) is 12.1 Å². The summed E-state index contributed by atoms with van der Waals surface area (Å²) in [6.45, 7) is 6.32. The zero-order valence-electron chi connectivity index (χ0n) is 11.1. The Morgan fingerprint density at radius 2 is 1.94 bits per heavy atom. The van der Waals surface area contributed by atoms with Crippen LogP contribution in [0.2, 0.25) is 0 Å². The minimum Gasteiger partial charge on any atom is -0.322 e. The van der Waals surface area contributed by atoms with Crippen molar-refractivity contribution in [3.8, 4) is 0 Å². The van der Waals surface area contributed by atoms with Gasteiger partial charge in [-0.05, 0) is 43.9 Å². The molecule has 2 atom stereocenters. The summed E-state index contributed by atoms with van der Waals surface area (Å²) in [5.74, 6) is 0.